The van der Waals surface area contributed by atoms with E-state index in [0.717, 1.165) is 5.56 Å². The van der Waals surface area contributed by atoms with Crippen LogP contribution in [-0.4, -0.2) is 21.7 Å². The van der Waals surface area contributed by atoms with Crippen molar-refractivity contribution in [2.24, 2.45) is 0 Å². The average molecular weight is 240 g/mol. The van der Waals surface area contributed by atoms with E-state index in [-0.39, 0.29) is 12.4 Å². The molecule has 1 aromatic heterocycles. The number of nitrogens with zero attached hydrogens (tertiary/aromatic N) is 1. The number of aromatic amines is 1. The van der Waals surface area contributed by atoms with E-state index in [1.807, 2.05) is 0 Å². The normalized spacial score (nSPS) is 10.8. The van der Waals surface area contributed by atoms with Gasteiger partial charge >= 0.3 is 6.61 Å². The van der Waals surface area contributed by atoms with Crippen LogP contribution in [-0.2, 0) is 6.61 Å². The summed E-state index contributed by atoms with van der Waals surface area (Å²) in [7, 11) is 0. The van der Waals surface area contributed by atoms with Crippen LogP contribution in [0.3, 0.4) is 0 Å². The van der Waals surface area contributed by atoms with E-state index in [9.17, 15) is 8.78 Å². The number of nitrogens with one attached hydrogen (secondary N) is 1. The van der Waals surface area contributed by atoms with E-state index in [4.69, 9.17) is 5.11 Å². The topological polar surface area (TPSA) is 58.1 Å². The van der Waals surface area contributed by atoms with Gasteiger partial charge in [0.25, 0.3) is 0 Å². The minimum atomic E-state index is -2.83. The zero-order valence-electron chi connectivity index (χ0n) is 8.73. The summed E-state index contributed by atoms with van der Waals surface area (Å²) in [6.45, 7) is -2.95. The Morgan fingerprint density at radius 2 is 2.00 bits per heavy atom. The standard InChI is InChI=1S/C11H10F2N2O2/c12-11(13)17-9-3-1-7(2-4-9)10-14-5-8(6-16)15-10/h1-5,11,16H,6H2,(H,14,15). The van der Waals surface area contributed by atoms with Crippen LogP contribution in [0.25, 0.3) is 11.4 Å². The third kappa shape index (κ3) is 2.79. The largest absolute Gasteiger partial charge is 0.435 e. The Bertz CT molecular complexity index is 482. The fourth-order valence-electron chi connectivity index (χ4n) is 1.38. The van der Waals surface area contributed by atoms with Crippen molar-refractivity contribution >= 4 is 0 Å². The van der Waals surface area contributed by atoms with E-state index in [1.54, 1.807) is 12.1 Å². The summed E-state index contributed by atoms with van der Waals surface area (Å²) < 4.78 is 28.1. The molecule has 4 nitrogen and oxygen atoms in total. The van der Waals surface area contributed by atoms with Crippen molar-refractivity contribution in [2.45, 2.75) is 13.2 Å². The first-order valence-electron chi connectivity index (χ1n) is 4.89. The van der Waals surface area contributed by atoms with E-state index < -0.39 is 6.61 Å². The molecule has 6 heteroatoms. The lowest BCUT2D eigenvalue weighted by Crippen LogP contribution is -2.01. The first kappa shape index (κ1) is 11.5. The molecule has 0 saturated carbocycles. The zero-order valence-corrected chi connectivity index (χ0v) is 8.73. The SMILES string of the molecule is OCc1cnc(-c2ccc(OC(F)F)cc2)[nH]1. The van der Waals surface area contributed by atoms with Crippen molar-refractivity contribution < 1.29 is 18.6 Å². The molecule has 0 fully saturated rings. The summed E-state index contributed by atoms with van der Waals surface area (Å²) in [5.74, 6) is 0.662. The van der Waals surface area contributed by atoms with Crippen molar-refractivity contribution in [3.63, 3.8) is 0 Å². The second-order valence-corrected chi connectivity index (χ2v) is 3.32. The van der Waals surface area contributed by atoms with E-state index in [1.165, 1.54) is 18.3 Å². The number of H-pyrrole nitrogens is 1. The van der Waals surface area contributed by atoms with Crippen molar-refractivity contribution in [1.29, 1.82) is 0 Å². The molecule has 90 valence electrons. The Morgan fingerprint density at radius 1 is 1.29 bits per heavy atom. The lowest BCUT2D eigenvalue weighted by atomic mass is 10.2. The summed E-state index contributed by atoms with van der Waals surface area (Å²) >= 11 is 0. The molecule has 0 bridgehead atoms. The third-order valence-corrected chi connectivity index (χ3v) is 2.15. The van der Waals surface area contributed by atoms with Gasteiger partial charge in [-0.2, -0.15) is 8.78 Å². The van der Waals surface area contributed by atoms with Crippen LogP contribution < -0.4 is 4.74 Å². The Hall–Kier alpha value is -1.95. The van der Waals surface area contributed by atoms with Crippen molar-refractivity contribution in [3.05, 3.63) is 36.2 Å². The number of aromatic nitrogens is 2. The van der Waals surface area contributed by atoms with Gasteiger partial charge in [-0.05, 0) is 24.3 Å². The minimum Gasteiger partial charge on any atom is -0.435 e. The lowest BCUT2D eigenvalue weighted by Gasteiger charge is -2.04. The number of alkyl halides is 2. The molecule has 2 N–H and O–H groups in total. The summed E-state index contributed by atoms with van der Waals surface area (Å²) in [6.07, 6.45) is 1.51. The molecule has 0 aliphatic heterocycles. The first-order chi connectivity index (χ1) is 8.19. The zero-order chi connectivity index (χ0) is 12.3. The van der Waals surface area contributed by atoms with Gasteiger partial charge in [0.1, 0.15) is 11.6 Å². The van der Waals surface area contributed by atoms with Crippen LogP contribution in [0.4, 0.5) is 8.78 Å². The molecule has 0 spiro atoms. The summed E-state index contributed by atoms with van der Waals surface area (Å²) in [5.41, 5.74) is 1.32. The van der Waals surface area contributed by atoms with Crippen LogP contribution in [0.15, 0.2) is 30.5 Å². The Balaban J connectivity index is 2.17. The number of hydrogen-bond donors (Lipinski definition) is 2. The molecule has 0 aliphatic rings. The molecule has 1 aromatic carbocycles. The van der Waals surface area contributed by atoms with Gasteiger partial charge in [-0.25, -0.2) is 4.98 Å². The van der Waals surface area contributed by atoms with Crippen molar-refractivity contribution in [3.8, 4) is 17.1 Å². The van der Waals surface area contributed by atoms with Gasteiger partial charge in [0, 0.05) is 5.56 Å². The maximum absolute atomic E-state index is 11.9. The molecule has 0 amide bonds. The van der Waals surface area contributed by atoms with E-state index in [0.29, 0.717) is 11.5 Å². The number of halogens is 2. The number of hydrogen-bond acceptors (Lipinski definition) is 3. The molecular weight excluding hydrogens is 230 g/mol. The minimum absolute atomic E-state index is 0.0951. The Labute approximate surface area is 95.9 Å². The van der Waals surface area contributed by atoms with Crippen LogP contribution in [0.5, 0.6) is 5.75 Å². The van der Waals surface area contributed by atoms with Gasteiger partial charge in [0.2, 0.25) is 0 Å². The number of rotatable bonds is 4. The van der Waals surface area contributed by atoms with Crippen LogP contribution >= 0.6 is 0 Å². The fourth-order valence-corrected chi connectivity index (χ4v) is 1.38. The molecule has 2 rings (SSSR count). The van der Waals surface area contributed by atoms with Gasteiger partial charge in [0.05, 0.1) is 18.5 Å². The molecule has 0 radical (unpaired) electrons. The predicted molar refractivity (Wildman–Crippen MR) is 56.6 cm³/mol. The number of aliphatic hydroxyl groups is 1. The van der Waals surface area contributed by atoms with Crippen LogP contribution in [0.1, 0.15) is 5.69 Å². The highest BCUT2D eigenvalue weighted by atomic mass is 19.3. The number of aliphatic hydroxyl groups excluding tert-OH is 1. The van der Waals surface area contributed by atoms with Gasteiger partial charge in [-0.3, -0.25) is 0 Å². The summed E-state index contributed by atoms with van der Waals surface area (Å²) in [5, 5.41) is 8.87. The molecule has 0 aliphatic carbocycles. The first-order valence-corrected chi connectivity index (χ1v) is 4.89. The second-order valence-electron chi connectivity index (χ2n) is 3.32. The highest BCUT2D eigenvalue weighted by molar-refractivity contribution is 5.56. The number of ether oxygens (including phenoxy) is 1. The van der Waals surface area contributed by atoms with Gasteiger partial charge in [0.15, 0.2) is 0 Å². The monoisotopic (exact) mass is 240 g/mol. The van der Waals surface area contributed by atoms with Crippen molar-refractivity contribution in [1.82, 2.24) is 9.97 Å². The maximum atomic E-state index is 11.9. The molecule has 2 aromatic rings. The predicted octanol–water partition coefficient (Wildman–Crippen LogP) is 2.17. The van der Waals surface area contributed by atoms with Crippen LogP contribution in [0.2, 0.25) is 0 Å². The number of benzene rings is 1. The van der Waals surface area contributed by atoms with E-state index >= 15 is 0 Å². The lowest BCUT2D eigenvalue weighted by molar-refractivity contribution is -0.0498. The maximum Gasteiger partial charge on any atom is 0.387 e. The molecule has 17 heavy (non-hydrogen) atoms. The quantitative estimate of drug-likeness (QED) is 0.861. The smallest absolute Gasteiger partial charge is 0.387 e. The Kier molecular flexibility index (Phi) is 3.34. The molecule has 1 heterocycles. The van der Waals surface area contributed by atoms with Crippen LogP contribution in [0, 0.1) is 0 Å². The average Bonchev–Trinajstić information content (AvgIpc) is 2.78. The van der Waals surface area contributed by atoms with Crippen molar-refractivity contribution in [2.75, 3.05) is 0 Å². The molecule has 0 unspecified atom stereocenters. The number of imidazole rings is 1. The molecule has 0 atom stereocenters. The third-order valence-electron chi connectivity index (χ3n) is 2.15. The summed E-state index contributed by atoms with van der Waals surface area (Å²) in [6, 6.07) is 6.08. The van der Waals surface area contributed by atoms with Gasteiger partial charge in [-0.15, -0.1) is 0 Å². The Morgan fingerprint density at radius 3 is 2.53 bits per heavy atom. The second kappa shape index (κ2) is 4.92. The van der Waals surface area contributed by atoms with Gasteiger partial charge < -0.3 is 14.8 Å². The highest BCUT2D eigenvalue weighted by Crippen LogP contribution is 2.21. The van der Waals surface area contributed by atoms with Gasteiger partial charge in [-0.1, -0.05) is 0 Å². The molecule has 0 saturated heterocycles. The van der Waals surface area contributed by atoms with E-state index in [2.05, 4.69) is 14.7 Å². The summed E-state index contributed by atoms with van der Waals surface area (Å²) in [4.78, 5) is 6.93. The fraction of sp³-hybridized carbons (Fsp3) is 0.182. The molecular formula is C11H10F2N2O2. The highest BCUT2D eigenvalue weighted by Gasteiger charge is 2.06.